The summed E-state index contributed by atoms with van der Waals surface area (Å²) in [6.45, 7) is 6.60. The van der Waals surface area contributed by atoms with E-state index in [4.69, 9.17) is 14.2 Å². The van der Waals surface area contributed by atoms with Gasteiger partial charge in [-0.15, -0.1) is 0 Å². The maximum Gasteiger partial charge on any atom is 0.513 e. The fraction of sp³-hybridized carbons (Fsp3) is 0.184. The third kappa shape index (κ3) is 4.09. The first-order valence-electron chi connectivity index (χ1n) is 14.3. The second-order valence-corrected chi connectivity index (χ2v) is 11.7. The second-order valence-electron chi connectivity index (χ2n) is 11.7. The lowest BCUT2D eigenvalue weighted by molar-refractivity contribution is 0.121. The van der Waals surface area contributed by atoms with Crippen molar-refractivity contribution in [3.05, 3.63) is 159 Å². The van der Waals surface area contributed by atoms with Gasteiger partial charge in [0.1, 0.15) is 17.2 Å². The van der Waals surface area contributed by atoms with Crippen molar-refractivity contribution < 1.29 is 19.0 Å². The topological polar surface area (TPSA) is 44.8 Å². The van der Waals surface area contributed by atoms with Crippen molar-refractivity contribution in [3.8, 4) is 17.2 Å². The smallest absolute Gasteiger partial charge is 0.457 e. The van der Waals surface area contributed by atoms with Crippen LogP contribution >= 0.6 is 0 Å². The van der Waals surface area contributed by atoms with E-state index in [-0.39, 0.29) is 17.3 Å². The van der Waals surface area contributed by atoms with Crippen molar-refractivity contribution in [1.82, 2.24) is 0 Å². The summed E-state index contributed by atoms with van der Waals surface area (Å²) in [5.74, 6) is 1.88. The van der Waals surface area contributed by atoms with Crippen molar-refractivity contribution in [2.75, 3.05) is 7.11 Å². The van der Waals surface area contributed by atoms with Crippen LogP contribution < -0.4 is 9.47 Å². The molecule has 0 aliphatic heterocycles. The first-order chi connectivity index (χ1) is 20.4. The van der Waals surface area contributed by atoms with Crippen LogP contribution in [0.3, 0.4) is 0 Å². The van der Waals surface area contributed by atoms with Crippen molar-refractivity contribution in [3.63, 3.8) is 0 Å². The summed E-state index contributed by atoms with van der Waals surface area (Å²) in [6, 6.07) is 37.9. The van der Waals surface area contributed by atoms with Crippen LogP contribution in [0.2, 0.25) is 0 Å². The fourth-order valence-corrected chi connectivity index (χ4v) is 6.74. The van der Waals surface area contributed by atoms with E-state index in [1.807, 2.05) is 24.3 Å². The third-order valence-electron chi connectivity index (χ3n) is 8.96. The maximum absolute atomic E-state index is 12.3. The van der Waals surface area contributed by atoms with Crippen molar-refractivity contribution in [1.29, 1.82) is 0 Å². The Morgan fingerprint density at radius 2 is 1.07 bits per heavy atom. The van der Waals surface area contributed by atoms with Crippen LogP contribution in [-0.2, 0) is 10.2 Å². The number of hydrogen-bond acceptors (Lipinski definition) is 4. The molecule has 0 aromatic heterocycles. The lowest BCUT2D eigenvalue weighted by atomic mass is 9.60. The molecular formula is C38H32O4. The Kier molecular flexibility index (Phi) is 6.16. The normalized spacial score (nSPS) is 16.2. The quantitative estimate of drug-likeness (QED) is 0.158. The largest absolute Gasteiger partial charge is 0.513 e. The molecule has 5 aromatic carbocycles. The summed E-state index contributed by atoms with van der Waals surface area (Å²) in [4.78, 5) is 12.3. The summed E-state index contributed by atoms with van der Waals surface area (Å²) in [6.07, 6.45) is -0.735. The van der Waals surface area contributed by atoms with Crippen LogP contribution in [-0.4, -0.2) is 13.3 Å². The van der Waals surface area contributed by atoms with Gasteiger partial charge in [0, 0.05) is 28.4 Å². The predicted octanol–water partition coefficient (Wildman–Crippen LogP) is 9.25. The van der Waals surface area contributed by atoms with Gasteiger partial charge in [-0.3, -0.25) is 0 Å². The Morgan fingerprint density at radius 1 is 0.619 bits per heavy atom. The minimum Gasteiger partial charge on any atom is -0.457 e. The van der Waals surface area contributed by atoms with Gasteiger partial charge in [0.2, 0.25) is 0 Å². The van der Waals surface area contributed by atoms with E-state index in [1.165, 1.54) is 46.1 Å². The fourth-order valence-electron chi connectivity index (χ4n) is 6.74. The summed E-state index contributed by atoms with van der Waals surface area (Å²) in [5, 5.41) is 0. The molecule has 3 aliphatic rings. The van der Waals surface area contributed by atoms with E-state index in [0.29, 0.717) is 5.75 Å². The van der Waals surface area contributed by atoms with Crippen LogP contribution in [0.15, 0.2) is 109 Å². The molecule has 0 amide bonds. The Morgan fingerprint density at radius 3 is 1.57 bits per heavy atom. The highest BCUT2D eigenvalue weighted by Crippen LogP contribution is 2.60. The van der Waals surface area contributed by atoms with E-state index in [2.05, 4.69) is 106 Å². The zero-order valence-electron chi connectivity index (χ0n) is 24.2. The van der Waals surface area contributed by atoms with Crippen LogP contribution in [0, 0.1) is 6.92 Å². The average molecular weight is 553 g/mol. The van der Waals surface area contributed by atoms with Crippen LogP contribution in [0.4, 0.5) is 4.79 Å². The van der Waals surface area contributed by atoms with Crippen molar-refractivity contribution in [2.24, 2.45) is 0 Å². The summed E-state index contributed by atoms with van der Waals surface area (Å²) in [5.41, 5.74) is 10.5. The lowest BCUT2D eigenvalue weighted by Gasteiger charge is -2.43. The molecule has 0 N–H and O–H groups in total. The van der Waals surface area contributed by atoms with Crippen molar-refractivity contribution in [2.45, 2.75) is 38.0 Å². The van der Waals surface area contributed by atoms with Crippen LogP contribution in [0.25, 0.3) is 0 Å². The minimum absolute atomic E-state index is 0.0478. The molecule has 0 atom stereocenters. The monoisotopic (exact) mass is 552 g/mol. The molecule has 5 aromatic rings. The average Bonchev–Trinajstić information content (AvgIpc) is 3.02. The van der Waals surface area contributed by atoms with Gasteiger partial charge in [0.25, 0.3) is 0 Å². The highest BCUT2D eigenvalue weighted by molar-refractivity contribution is 5.75. The zero-order chi connectivity index (χ0) is 29.0. The molecule has 0 saturated heterocycles. The van der Waals surface area contributed by atoms with Gasteiger partial charge in [-0.2, -0.15) is 0 Å². The highest BCUT2D eigenvalue weighted by Gasteiger charge is 2.45. The van der Waals surface area contributed by atoms with Gasteiger partial charge in [-0.05, 0) is 64.6 Å². The molecule has 8 rings (SSSR count). The SMILES string of the molecule is COC(=O)Oc1ccc(Oc2ccc(C(C)(C)c3ccc(C)cc3)cc2)c2c1C1c3ccccc3C2c2ccccc21. The van der Waals surface area contributed by atoms with Gasteiger partial charge in [-0.25, -0.2) is 4.79 Å². The van der Waals surface area contributed by atoms with E-state index >= 15 is 0 Å². The molecular weight excluding hydrogens is 520 g/mol. The summed E-state index contributed by atoms with van der Waals surface area (Å²) >= 11 is 0. The molecule has 0 heterocycles. The summed E-state index contributed by atoms with van der Waals surface area (Å²) < 4.78 is 17.3. The van der Waals surface area contributed by atoms with Gasteiger partial charge in [0.15, 0.2) is 0 Å². The summed E-state index contributed by atoms with van der Waals surface area (Å²) in [7, 11) is 1.33. The Balaban J connectivity index is 1.32. The standard InChI is InChI=1S/C38H32O4/c1-23-13-15-24(16-14-23)38(2,3)25-17-19-26(20-18-25)41-31-21-22-32(42-37(39)40-4)36-34-29-11-7-5-9-27(29)33(35(31)36)28-10-6-8-12-30(28)34/h5-22,33-34H,1-4H3. The molecule has 0 unspecified atom stereocenters. The zero-order valence-corrected chi connectivity index (χ0v) is 24.2. The molecule has 0 saturated carbocycles. The first-order valence-corrected chi connectivity index (χ1v) is 14.3. The third-order valence-corrected chi connectivity index (χ3v) is 8.96. The predicted molar refractivity (Wildman–Crippen MR) is 164 cm³/mol. The number of carbonyl (C=O) groups is 1. The number of methoxy groups -OCH3 is 1. The van der Waals surface area contributed by atoms with Gasteiger partial charge in [-0.1, -0.05) is 104 Å². The van der Waals surface area contributed by atoms with E-state index in [1.54, 1.807) is 0 Å². The number of hydrogen-bond donors (Lipinski definition) is 0. The van der Waals surface area contributed by atoms with Gasteiger partial charge >= 0.3 is 6.16 Å². The van der Waals surface area contributed by atoms with E-state index < -0.39 is 6.16 Å². The molecule has 42 heavy (non-hydrogen) atoms. The Labute approximate surface area is 246 Å². The molecule has 2 bridgehead atoms. The number of aryl methyl sites for hydroxylation is 1. The molecule has 4 nitrogen and oxygen atoms in total. The Hall–Kier alpha value is -4.83. The van der Waals surface area contributed by atoms with Crippen LogP contribution in [0.5, 0.6) is 17.2 Å². The molecule has 0 radical (unpaired) electrons. The van der Waals surface area contributed by atoms with Crippen LogP contribution in [0.1, 0.15) is 75.8 Å². The number of benzene rings is 5. The highest BCUT2D eigenvalue weighted by atomic mass is 16.7. The number of carbonyl (C=O) groups excluding carboxylic acids is 1. The van der Waals surface area contributed by atoms with Crippen molar-refractivity contribution >= 4 is 6.16 Å². The maximum atomic E-state index is 12.3. The molecule has 208 valence electrons. The number of ether oxygens (including phenoxy) is 3. The minimum atomic E-state index is -0.735. The van der Waals surface area contributed by atoms with E-state index in [9.17, 15) is 4.79 Å². The van der Waals surface area contributed by atoms with E-state index in [0.717, 1.165) is 22.6 Å². The lowest BCUT2D eigenvalue weighted by Crippen LogP contribution is -2.29. The molecule has 3 aliphatic carbocycles. The van der Waals surface area contributed by atoms with Gasteiger partial charge < -0.3 is 14.2 Å². The molecule has 4 heteroatoms. The Bertz CT molecular complexity index is 1770. The van der Waals surface area contributed by atoms with Gasteiger partial charge in [0.05, 0.1) is 7.11 Å². The first kappa shape index (κ1) is 26.1. The number of rotatable bonds is 5. The second kappa shape index (κ2) is 9.92. The molecule has 0 spiro atoms. The molecule has 0 fully saturated rings.